The van der Waals surface area contributed by atoms with Crippen molar-refractivity contribution in [2.24, 2.45) is 0 Å². The molecule has 3 nitrogen and oxygen atoms in total. The summed E-state index contributed by atoms with van der Waals surface area (Å²) in [5.41, 5.74) is 0.794. The Labute approximate surface area is 82.5 Å². The van der Waals surface area contributed by atoms with Gasteiger partial charge in [-0.05, 0) is 12.1 Å². The summed E-state index contributed by atoms with van der Waals surface area (Å²) < 4.78 is 5.07. The number of rotatable bonds is 2. The quantitative estimate of drug-likeness (QED) is 0.661. The third kappa shape index (κ3) is 2.12. The second-order valence-corrected chi connectivity index (χ2v) is 2.52. The molecule has 0 aromatic heterocycles. The highest BCUT2D eigenvalue weighted by atomic mass is 16.5. The second-order valence-electron chi connectivity index (χ2n) is 2.52. The van der Waals surface area contributed by atoms with Crippen molar-refractivity contribution in [1.29, 1.82) is 10.5 Å². The topological polar surface area (TPSA) is 56.8 Å². The molecular formula is C11H8N2O. The zero-order valence-corrected chi connectivity index (χ0v) is 7.69. The minimum absolute atomic E-state index is 0.0644. The van der Waals surface area contributed by atoms with Crippen molar-refractivity contribution in [2.45, 2.75) is 0 Å². The van der Waals surface area contributed by atoms with Gasteiger partial charge in [-0.3, -0.25) is 0 Å². The molecule has 0 aliphatic heterocycles. The molecule has 0 fully saturated rings. The van der Waals surface area contributed by atoms with E-state index in [-0.39, 0.29) is 5.57 Å². The normalized spacial score (nSPS) is 8.21. The van der Waals surface area contributed by atoms with Gasteiger partial charge >= 0.3 is 0 Å². The van der Waals surface area contributed by atoms with Gasteiger partial charge in [0.2, 0.25) is 0 Å². The molecule has 0 atom stereocenters. The summed E-state index contributed by atoms with van der Waals surface area (Å²) in [7, 11) is 1.55. The molecular weight excluding hydrogens is 176 g/mol. The number of nitriles is 2. The Morgan fingerprint density at radius 1 is 1.29 bits per heavy atom. The van der Waals surface area contributed by atoms with Crippen molar-refractivity contribution in [3.05, 3.63) is 35.4 Å². The average molecular weight is 184 g/mol. The molecule has 0 N–H and O–H groups in total. The van der Waals surface area contributed by atoms with Crippen LogP contribution in [-0.4, -0.2) is 7.11 Å². The number of ether oxygens (including phenoxy) is 1. The molecule has 0 aliphatic rings. The van der Waals surface area contributed by atoms with Crippen LogP contribution in [0.1, 0.15) is 5.56 Å². The maximum Gasteiger partial charge on any atom is 0.130 e. The lowest BCUT2D eigenvalue weighted by molar-refractivity contribution is 0.414. The van der Waals surface area contributed by atoms with Crippen LogP contribution >= 0.6 is 0 Å². The number of methoxy groups -OCH3 is 1. The number of hydrogen-bond acceptors (Lipinski definition) is 3. The van der Waals surface area contributed by atoms with Gasteiger partial charge in [0, 0.05) is 5.56 Å². The monoisotopic (exact) mass is 184 g/mol. The van der Waals surface area contributed by atoms with E-state index in [1.165, 1.54) is 6.08 Å². The predicted octanol–water partition coefficient (Wildman–Crippen LogP) is 2.13. The first-order valence-electron chi connectivity index (χ1n) is 3.96. The van der Waals surface area contributed by atoms with E-state index < -0.39 is 0 Å². The summed E-state index contributed by atoms with van der Waals surface area (Å²) in [6.45, 7) is 0. The largest absolute Gasteiger partial charge is 0.496 e. The van der Waals surface area contributed by atoms with E-state index in [9.17, 15) is 0 Å². The van der Waals surface area contributed by atoms with Crippen molar-refractivity contribution in [3.63, 3.8) is 0 Å². The summed E-state index contributed by atoms with van der Waals surface area (Å²) in [5.74, 6) is 0.649. The van der Waals surface area contributed by atoms with Crippen molar-refractivity contribution in [2.75, 3.05) is 7.11 Å². The van der Waals surface area contributed by atoms with Crippen molar-refractivity contribution in [3.8, 4) is 17.9 Å². The van der Waals surface area contributed by atoms with Gasteiger partial charge in [-0.1, -0.05) is 18.2 Å². The molecule has 68 valence electrons. The Kier molecular flexibility index (Phi) is 3.29. The van der Waals surface area contributed by atoms with E-state index in [1.54, 1.807) is 31.4 Å². The second kappa shape index (κ2) is 4.69. The zero-order valence-electron chi connectivity index (χ0n) is 7.69. The van der Waals surface area contributed by atoms with Gasteiger partial charge in [0.15, 0.2) is 0 Å². The van der Waals surface area contributed by atoms with Gasteiger partial charge in [-0.2, -0.15) is 10.5 Å². The number of allylic oxidation sites excluding steroid dienone is 1. The van der Waals surface area contributed by atoms with Gasteiger partial charge in [0.05, 0.1) is 7.11 Å². The maximum absolute atomic E-state index is 8.57. The zero-order chi connectivity index (χ0) is 10.4. The number of hydrogen-bond donors (Lipinski definition) is 0. The van der Waals surface area contributed by atoms with Crippen LogP contribution in [0.15, 0.2) is 29.8 Å². The van der Waals surface area contributed by atoms with Gasteiger partial charge < -0.3 is 4.74 Å². The highest BCUT2D eigenvalue weighted by Crippen LogP contribution is 2.19. The van der Waals surface area contributed by atoms with E-state index in [0.717, 1.165) is 5.56 Å². The van der Waals surface area contributed by atoms with E-state index >= 15 is 0 Å². The molecule has 0 aliphatic carbocycles. The van der Waals surface area contributed by atoms with E-state index in [0.29, 0.717) is 5.75 Å². The Hall–Kier alpha value is -2.26. The third-order valence-corrected chi connectivity index (χ3v) is 1.68. The average Bonchev–Trinajstić information content (AvgIpc) is 2.26. The fourth-order valence-corrected chi connectivity index (χ4v) is 1.03. The van der Waals surface area contributed by atoms with Gasteiger partial charge in [-0.25, -0.2) is 0 Å². The molecule has 1 aromatic rings. The lowest BCUT2D eigenvalue weighted by atomic mass is 10.1. The van der Waals surface area contributed by atoms with E-state index in [2.05, 4.69) is 0 Å². The first-order valence-corrected chi connectivity index (χ1v) is 3.96. The lowest BCUT2D eigenvalue weighted by Gasteiger charge is -2.02. The molecule has 0 bridgehead atoms. The van der Waals surface area contributed by atoms with Crippen LogP contribution in [0.4, 0.5) is 0 Å². The van der Waals surface area contributed by atoms with Crippen LogP contribution in [0.3, 0.4) is 0 Å². The highest BCUT2D eigenvalue weighted by Gasteiger charge is 1.99. The van der Waals surface area contributed by atoms with Crippen LogP contribution in [-0.2, 0) is 0 Å². The fourth-order valence-electron chi connectivity index (χ4n) is 1.03. The Bertz CT molecular complexity index is 419. The van der Waals surface area contributed by atoms with Crippen LogP contribution < -0.4 is 4.74 Å². The molecule has 0 unspecified atom stereocenters. The maximum atomic E-state index is 8.57. The van der Waals surface area contributed by atoms with Crippen LogP contribution in [0.25, 0.3) is 6.08 Å². The van der Waals surface area contributed by atoms with E-state index in [1.807, 2.05) is 12.1 Å². The highest BCUT2D eigenvalue weighted by molar-refractivity contribution is 5.66. The molecule has 0 saturated heterocycles. The Balaban J connectivity index is 3.16. The van der Waals surface area contributed by atoms with Crippen molar-refractivity contribution < 1.29 is 4.74 Å². The lowest BCUT2D eigenvalue weighted by Crippen LogP contribution is -1.86. The van der Waals surface area contributed by atoms with E-state index in [4.69, 9.17) is 15.3 Å². The Morgan fingerprint density at radius 3 is 2.50 bits per heavy atom. The number of benzene rings is 1. The minimum Gasteiger partial charge on any atom is -0.496 e. The van der Waals surface area contributed by atoms with Crippen LogP contribution in [0.5, 0.6) is 5.75 Å². The van der Waals surface area contributed by atoms with Crippen molar-refractivity contribution >= 4 is 6.08 Å². The van der Waals surface area contributed by atoms with Crippen molar-refractivity contribution in [1.82, 2.24) is 0 Å². The molecule has 0 saturated carbocycles. The summed E-state index contributed by atoms with van der Waals surface area (Å²) in [5, 5.41) is 17.1. The molecule has 0 spiro atoms. The van der Waals surface area contributed by atoms with Gasteiger partial charge in [0.1, 0.15) is 23.5 Å². The molecule has 3 heteroatoms. The summed E-state index contributed by atoms with van der Waals surface area (Å²) in [6, 6.07) is 10.8. The SMILES string of the molecule is COc1ccccc1C=C(C#N)C#N. The van der Waals surface area contributed by atoms with Crippen LogP contribution in [0.2, 0.25) is 0 Å². The number of nitrogens with zero attached hydrogens (tertiary/aromatic N) is 2. The predicted molar refractivity (Wildman–Crippen MR) is 52.2 cm³/mol. The van der Waals surface area contributed by atoms with Gasteiger partial charge in [0.25, 0.3) is 0 Å². The summed E-state index contributed by atoms with van der Waals surface area (Å²) in [6.07, 6.45) is 1.50. The minimum atomic E-state index is 0.0644. The van der Waals surface area contributed by atoms with Gasteiger partial charge in [-0.15, -0.1) is 0 Å². The Morgan fingerprint density at radius 2 is 1.93 bits per heavy atom. The molecule has 0 radical (unpaired) electrons. The summed E-state index contributed by atoms with van der Waals surface area (Å²) >= 11 is 0. The van der Waals surface area contributed by atoms with Crippen LogP contribution in [0, 0.1) is 22.7 Å². The standard InChI is InChI=1S/C11H8N2O/c1-14-11-5-3-2-4-10(11)6-9(7-12)8-13/h2-6H,1H3. The molecule has 0 amide bonds. The third-order valence-electron chi connectivity index (χ3n) is 1.68. The fraction of sp³-hybridized carbons (Fsp3) is 0.0909. The summed E-state index contributed by atoms with van der Waals surface area (Å²) in [4.78, 5) is 0. The molecule has 14 heavy (non-hydrogen) atoms. The first kappa shape index (κ1) is 9.83. The molecule has 1 aromatic carbocycles. The smallest absolute Gasteiger partial charge is 0.130 e. The number of para-hydroxylation sites is 1. The molecule has 1 rings (SSSR count). The molecule has 0 heterocycles. The first-order chi connectivity index (χ1) is 6.81.